The van der Waals surface area contributed by atoms with Crippen molar-refractivity contribution in [3.05, 3.63) is 65.4 Å². The largest absolute Gasteiger partial charge is 0.478 e. The maximum absolute atomic E-state index is 12.5. The Bertz CT molecular complexity index is 1100. The molecule has 0 aliphatic carbocycles. The monoisotopic (exact) mass is 368 g/mol. The van der Waals surface area contributed by atoms with E-state index in [-0.39, 0.29) is 17.0 Å². The number of carboxylic acids is 2. The second-order valence-corrected chi connectivity index (χ2v) is 7.15. The fourth-order valence-electron chi connectivity index (χ4n) is 3.06. The maximum Gasteiger partial charge on any atom is 0.356 e. The van der Waals surface area contributed by atoms with Crippen molar-refractivity contribution in [2.45, 2.75) is 10.6 Å². The number of nitrogens with zero attached hydrogens (tertiary/aromatic N) is 2. The fraction of sp³-hybridized carbons (Fsp3) is 0.0556. The second kappa shape index (κ2) is 5.92. The molecule has 2 aromatic carbocycles. The summed E-state index contributed by atoms with van der Waals surface area (Å²) >= 11 is 0. The highest BCUT2D eigenvalue weighted by Crippen LogP contribution is 2.38. The third-order valence-electron chi connectivity index (χ3n) is 4.19. The van der Waals surface area contributed by atoms with Crippen molar-refractivity contribution in [3.8, 4) is 16.9 Å². The number of carbonyl (C=O) groups is 2. The third kappa shape index (κ3) is 2.42. The van der Waals surface area contributed by atoms with E-state index in [9.17, 15) is 24.0 Å². The Morgan fingerprint density at radius 2 is 1.81 bits per heavy atom. The zero-order valence-corrected chi connectivity index (χ0v) is 14.1. The molecule has 2 heterocycles. The molecule has 0 saturated heterocycles. The summed E-state index contributed by atoms with van der Waals surface area (Å²) in [6.45, 7) is 0. The molecule has 0 bridgehead atoms. The molecule has 1 atom stereocenters. The van der Waals surface area contributed by atoms with Crippen molar-refractivity contribution >= 4 is 22.7 Å². The smallest absolute Gasteiger partial charge is 0.356 e. The molecule has 0 fully saturated rings. The van der Waals surface area contributed by atoms with Gasteiger partial charge in [0.05, 0.1) is 33.5 Å². The molecule has 3 aromatic rings. The van der Waals surface area contributed by atoms with Gasteiger partial charge < -0.3 is 10.2 Å². The van der Waals surface area contributed by atoms with Crippen LogP contribution in [-0.4, -0.2) is 36.1 Å². The highest BCUT2D eigenvalue weighted by Gasteiger charge is 2.31. The van der Waals surface area contributed by atoms with Crippen LogP contribution in [-0.2, 0) is 16.6 Å². The first kappa shape index (κ1) is 16.2. The van der Waals surface area contributed by atoms with Gasteiger partial charge in [-0.05, 0) is 24.3 Å². The van der Waals surface area contributed by atoms with Crippen LogP contribution in [0.2, 0.25) is 0 Å². The lowest BCUT2D eigenvalue weighted by atomic mass is 10.1. The highest BCUT2D eigenvalue weighted by molar-refractivity contribution is 7.84. The zero-order valence-electron chi connectivity index (χ0n) is 13.2. The summed E-state index contributed by atoms with van der Waals surface area (Å²) in [7, 11) is -1.37. The Kier molecular flexibility index (Phi) is 3.69. The lowest BCUT2D eigenvalue weighted by Gasteiger charge is -2.18. The Morgan fingerprint density at radius 3 is 2.54 bits per heavy atom. The lowest BCUT2D eigenvalue weighted by molar-refractivity contribution is 0.0681. The van der Waals surface area contributed by atoms with E-state index in [1.165, 1.54) is 16.8 Å². The van der Waals surface area contributed by atoms with Crippen molar-refractivity contribution in [2.75, 3.05) is 0 Å². The van der Waals surface area contributed by atoms with Gasteiger partial charge in [0.1, 0.15) is 0 Å². The molecule has 2 N–H and O–H groups in total. The molecular weight excluding hydrogens is 356 g/mol. The third-order valence-corrected chi connectivity index (χ3v) is 5.58. The van der Waals surface area contributed by atoms with E-state index in [1.54, 1.807) is 36.4 Å². The van der Waals surface area contributed by atoms with Gasteiger partial charge in [-0.25, -0.2) is 14.3 Å². The molecule has 1 aliphatic rings. The summed E-state index contributed by atoms with van der Waals surface area (Å²) in [6, 6.07) is 13.1. The lowest BCUT2D eigenvalue weighted by Crippen LogP contribution is -2.10. The topological polar surface area (TPSA) is 109 Å². The van der Waals surface area contributed by atoms with Crippen LogP contribution in [0.4, 0.5) is 0 Å². The van der Waals surface area contributed by atoms with Gasteiger partial charge in [-0.1, -0.05) is 24.3 Å². The number of aromatic carboxylic acids is 2. The summed E-state index contributed by atoms with van der Waals surface area (Å²) in [5.74, 6) is -2.26. The van der Waals surface area contributed by atoms with Gasteiger partial charge in [-0.2, -0.15) is 5.10 Å². The minimum atomic E-state index is -1.37. The Balaban J connectivity index is 2.04. The number of aromatic nitrogens is 2. The Labute approximate surface area is 150 Å². The first-order valence-corrected chi connectivity index (χ1v) is 8.96. The van der Waals surface area contributed by atoms with E-state index >= 15 is 0 Å². The Morgan fingerprint density at radius 1 is 1.04 bits per heavy atom. The summed E-state index contributed by atoms with van der Waals surface area (Å²) in [4.78, 5) is 23.5. The van der Waals surface area contributed by atoms with Gasteiger partial charge in [0.15, 0.2) is 5.69 Å². The van der Waals surface area contributed by atoms with Gasteiger partial charge in [-0.15, -0.1) is 0 Å². The van der Waals surface area contributed by atoms with Crippen molar-refractivity contribution < 1.29 is 24.0 Å². The average molecular weight is 368 g/mol. The number of carboxylic acid groups (broad SMARTS) is 2. The minimum Gasteiger partial charge on any atom is -0.478 e. The predicted octanol–water partition coefficient (Wildman–Crippen LogP) is 2.56. The average Bonchev–Trinajstić information content (AvgIpc) is 3.02. The highest BCUT2D eigenvalue weighted by atomic mass is 32.2. The van der Waals surface area contributed by atoms with Crippen LogP contribution in [0.5, 0.6) is 0 Å². The van der Waals surface area contributed by atoms with Gasteiger partial charge in [-0.3, -0.25) is 4.21 Å². The zero-order chi connectivity index (χ0) is 18.4. The first-order chi connectivity index (χ1) is 12.5. The van der Waals surface area contributed by atoms with E-state index in [2.05, 4.69) is 5.10 Å². The van der Waals surface area contributed by atoms with E-state index in [0.717, 1.165) is 0 Å². The molecule has 0 amide bonds. The van der Waals surface area contributed by atoms with E-state index in [0.29, 0.717) is 27.4 Å². The fourth-order valence-corrected chi connectivity index (χ4v) is 4.39. The molecule has 1 unspecified atom stereocenters. The molecule has 0 spiro atoms. The minimum absolute atomic E-state index is 0.0482. The molecule has 7 nitrogen and oxygen atoms in total. The van der Waals surface area contributed by atoms with Gasteiger partial charge in [0.2, 0.25) is 0 Å². The van der Waals surface area contributed by atoms with Crippen LogP contribution in [0.25, 0.3) is 16.9 Å². The Hall–Kier alpha value is -3.26. The number of rotatable bonds is 3. The van der Waals surface area contributed by atoms with E-state index < -0.39 is 22.7 Å². The summed E-state index contributed by atoms with van der Waals surface area (Å²) < 4.78 is 13.9. The van der Waals surface area contributed by atoms with Gasteiger partial charge >= 0.3 is 11.9 Å². The van der Waals surface area contributed by atoms with Gasteiger partial charge in [0.25, 0.3) is 0 Å². The van der Waals surface area contributed by atoms with E-state index in [1.807, 2.05) is 0 Å². The summed E-state index contributed by atoms with van der Waals surface area (Å²) in [6.07, 6.45) is 0. The molecular formula is C18H12N2O5S. The summed E-state index contributed by atoms with van der Waals surface area (Å²) in [5, 5.41) is 22.9. The second-order valence-electron chi connectivity index (χ2n) is 5.73. The first-order valence-electron chi connectivity index (χ1n) is 7.64. The van der Waals surface area contributed by atoms with Crippen molar-refractivity contribution in [1.82, 2.24) is 9.78 Å². The van der Waals surface area contributed by atoms with Crippen LogP contribution in [0.15, 0.2) is 53.4 Å². The standard InChI is InChI=1S/C18H12N2O5S/c21-17(22)10-4-3-5-11(8-10)20-16-12-6-1-2-7-14(12)26(25)9-13(16)15(19-20)18(23)24/h1-8H,9H2,(H,21,22)(H,23,24). The molecule has 0 radical (unpaired) electrons. The van der Waals surface area contributed by atoms with Crippen LogP contribution in [0, 0.1) is 0 Å². The van der Waals surface area contributed by atoms with Crippen molar-refractivity contribution in [2.24, 2.45) is 0 Å². The van der Waals surface area contributed by atoms with Crippen molar-refractivity contribution in [1.29, 1.82) is 0 Å². The molecule has 8 heteroatoms. The number of fused-ring (bicyclic) bond motifs is 3. The van der Waals surface area contributed by atoms with E-state index in [4.69, 9.17) is 0 Å². The predicted molar refractivity (Wildman–Crippen MR) is 93.0 cm³/mol. The van der Waals surface area contributed by atoms with Crippen LogP contribution < -0.4 is 0 Å². The number of benzene rings is 2. The van der Waals surface area contributed by atoms with Crippen LogP contribution in [0.1, 0.15) is 26.4 Å². The normalized spacial score (nSPS) is 15.2. The van der Waals surface area contributed by atoms with Crippen LogP contribution >= 0.6 is 0 Å². The molecule has 130 valence electrons. The summed E-state index contributed by atoms with van der Waals surface area (Å²) in [5.41, 5.74) is 1.86. The number of hydrogen-bond donors (Lipinski definition) is 2. The molecule has 0 saturated carbocycles. The van der Waals surface area contributed by atoms with Gasteiger partial charge in [0, 0.05) is 16.0 Å². The number of hydrogen-bond acceptors (Lipinski definition) is 4. The quantitative estimate of drug-likeness (QED) is 0.735. The molecule has 26 heavy (non-hydrogen) atoms. The molecule has 1 aliphatic heterocycles. The van der Waals surface area contributed by atoms with Crippen LogP contribution in [0.3, 0.4) is 0 Å². The van der Waals surface area contributed by atoms with Crippen molar-refractivity contribution in [3.63, 3.8) is 0 Å². The maximum atomic E-state index is 12.5. The molecule has 4 rings (SSSR count). The SMILES string of the molecule is O=C(O)c1cccc(-n2nc(C(=O)O)c3c2-c2ccccc2S(=O)C3)c1. The molecule has 1 aromatic heterocycles.